The van der Waals surface area contributed by atoms with Gasteiger partial charge in [-0.05, 0) is 24.3 Å². The first-order valence-corrected chi connectivity index (χ1v) is 16.2. The van der Waals surface area contributed by atoms with Crippen molar-refractivity contribution in [3.8, 4) is 62.9 Å². The van der Waals surface area contributed by atoms with Crippen molar-refractivity contribution < 1.29 is 65.5 Å². The van der Waals surface area contributed by atoms with Gasteiger partial charge >= 0.3 is 48.1 Å². The fourth-order valence-corrected chi connectivity index (χ4v) is 5.01. The summed E-state index contributed by atoms with van der Waals surface area (Å²) in [6, 6.07) is 59.4. The Morgan fingerprint density at radius 3 is 2.06 bits per heavy atom. The summed E-state index contributed by atoms with van der Waals surface area (Å²) in [6.45, 7) is 0. The van der Waals surface area contributed by atoms with Crippen LogP contribution in [0.5, 0.6) is 34.5 Å². The van der Waals surface area contributed by atoms with Gasteiger partial charge in [0.25, 0.3) is 6.20 Å². The van der Waals surface area contributed by atoms with E-state index in [0.717, 1.165) is 16.7 Å². The number of rotatable bonds is 9. The molecule has 0 saturated heterocycles. The van der Waals surface area contributed by atoms with Gasteiger partial charge in [0.15, 0.2) is 7.05 Å². The summed E-state index contributed by atoms with van der Waals surface area (Å²) in [5.41, 5.74) is 3.84. The Balaban J connectivity index is 0.000000562. The molecule has 54 heavy (non-hydrogen) atoms. The molecular formula is C45H28N4O3Pt2+2. The third-order valence-corrected chi connectivity index (χ3v) is 7.41. The summed E-state index contributed by atoms with van der Waals surface area (Å²) in [6.07, 6.45) is 15.5. The van der Waals surface area contributed by atoms with E-state index in [2.05, 4.69) is 47.4 Å². The van der Waals surface area contributed by atoms with Crippen molar-refractivity contribution in [3.63, 3.8) is 0 Å². The zero-order valence-corrected chi connectivity index (χ0v) is 33.1. The Morgan fingerprint density at radius 2 is 1.37 bits per heavy atom. The van der Waals surface area contributed by atoms with Crippen molar-refractivity contribution in [3.05, 3.63) is 189 Å². The molecule has 0 aliphatic carbocycles. The molecule has 0 saturated carbocycles. The number of pyridine rings is 1. The van der Waals surface area contributed by atoms with E-state index >= 15 is 0 Å². The normalized spacial score (nSPS) is 11.0. The minimum Gasteiger partial charge on any atom is -0.669 e. The summed E-state index contributed by atoms with van der Waals surface area (Å²) in [5.74, 6) is 3.50. The summed E-state index contributed by atoms with van der Waals surface area (Å²) < 4.78 is 23.6. The molecule has 0 atom stereocenters. The molecule has 0 radical (unpaired) electrons. The monoisotopic (exact) mass is 1060 g/mol. The minimum absolute atomic E-state index is 0. The third-order valence-electron chi connectivity index (χ3n) is 7.41. The van der Waals surface area contributed by atoms with Crippen molar-refractivity contribution in [2.75, 3.05) is 7.05 Å². The largest absolute Gasteiger partial charge is 4.00 e. The molecule has 7 aromatic rings. The van der Waals surface area contributed by atoms with Crippen LogP contribution in [0.25, 0.3) is 22.4 Å². The second kappa shape index (κ2) is 19.2. The fraction of sp³-hybridized carbons (Fsp3) is 0.0222. The number of hydrogen-bond donors (Lipinski definition) is 0. The van der Waals surface area contributed by atoms with Gasteiger partial charge in [-0.25, -0.2) is 24.2 Å². The Hall–Kier alpha value is -6.01. The molecule has 9 heteroatoms. The van der Waals surface area contributed by atoms with Crippen molar-refractivity contribution in [2.24, 2.45) is 0 Å². The van der Waals surface area contributed by atoms with Gasteiger partial charge in [-0.1, -0.05) is 63.5 Å². The van der Waals surface area contributed by atoms with Crippen LogP contribution >= 0.6 is 0 Å². The number of benzene rings is 5. The maximum atomic E-state index is 6.57. The molecule has 5 aromatic carbocycles. The molecule has 0 bridgehead atoms. The van der Waals surface area contributed by atoms with E-state index in [0.29, 0.717) is 45.9 Å². The van der Waals surface area contributed by atoms with Gasteiger partial charge in [0.1, 0.15) is 11.4 Å². The van der Waals surface area contributed by atoms with Gasteiger partial charge in [-0.2, -0.15) is 30.3 Å². The number of hydrogen-bond acceptors (Lipinski definition) is 4. The van der Waals surface area contributed by atoms with Crippen LogP contribution in [-0.2, 0) is 42.1 Å². The summed E-state index contributed by atoms with van der Waals surface area (Å²) in [5, 5.41) is 0. The quantitative estimate of drug-likeness (QED) is 0.0822. The van der Waals surface area contributed by atoms with Gasteiger partial charge in [0.2, 0.25) is 6.20 Å². The standard InChI is InChI=1S/C39H24N3O3.C6H4N.2Pt/c1-41-20-21-42(28-41)32-25-37(44-34-14-6-3-7-15-34)27-38(26-32)45-36-17-9-11-31(23-36)39-24-30(18-19-40-39)29-10-8-16-35(22-29)43-33-12-4-2-5-13-33;1-2-7-5-3-4-6-7;;/h2-12,14-17,19-21,24-25,27H,1H3;3-6H;;/q-3;-1;+2;+4. The predicted molar refractivity (Wildman–Crippen MR) is 196 cm³/mol. The molecule has 0 spiro atoms. The number of nitrogens with zero attached hydrogens (tertiary/aromatic N) is 4. The molecule has 2 aromatic heterocycles. The first-order chi connectivity index (χ1) is 25.6. The molecule has 0 fully saturated rings. The van der Waals surface area contributed by atoms with E-state index in [1.54, 1.807) is 29.2 Å². The first-order valence-electron chi connectivity index (χ1n) is 16.2. The minimum atomic E-state index is 0. The summed E-state index contributed by atoms with van der Waals surface area (Å²) in [7, 11) is 1.91. The van der Waals surface area contributed by atoms with E-state index in [1.165, 1.54) is 0 Å². The SMILES string of the molecule is C[N+]1=C=[N+](c2[c-]c(Oc3[c-]c(-c4cc(-c5[c-]c(Oc6[c-]cccc6)ccc5)[c-]cn4)ccc3)cc(Oc3ccccc3)c2)C=C1.[C-]#Cn1cccc1.[Pt+2].[Pt+4]. The Labute approximate surface area is 343 Å². The van der Waals surface area contributed by atoms with Crippen LogP contribution < -0.4 is 14.2 Å². The average Bonchev–Trinajstić information content (AvgIpc) is 3.89. The van der Waals surface area contributed by atoms with Gasteiger partial charge < -0.3 is 30.2 Å². The molecule has 0 unspecified atom stereocenters. The van der Waals surface area contributed by atoms with Crippen molar-refractivity contribution in [1.29, 1.82) is 0 Å². The van der Waals surface area contributed by atoms with E-state index in [1.807, 2.05) is 144 Å². The van der Waals surface area contributed by atoms with Crippen LogP contribution in [0.4, 0.5) is 5.69 Å². The number of ether oxygens (including phenoxy) is 3. The van der Waals surface area contributed by atoms with Crippen LogP contribution in [0.2, 0.25) is 0 Å². The molecular weight excluding hydrogens is 1030 g/mol. The number of aromatic nitrogens is 2. The Morgan fingerprint density at radius 1 is 0.667 bits per heavy atom. The maximum absolute atomic E-state index is 6.57. The van der Waals surface area contributed by atoms with Gasteiger partial charge in [0, 0.05) is 41.1 Å². The molecule has 3 heterocycles. The molecule has 7 nitrogen and oxygen atoms in total. The van der Waals surface area contributed by atoms with Crippen LogP contribution in [0.1, 0.15) is 0 Å². The average molecular weight is 1060 g/mol. The fourth-order valence-electron chi connectivity index (χ4n) is 5.01. The zero-order chi connectivity index (χ0) is 35.5. The molecule has 264 valence electrons. The summed E-state index contributed by atoms with van der Waals surface area (Å²) in [4.78, 5) is 4.56. The predicted octanol–water partition coefficient (Wildman–Crippen LogP) is 9.62. The second-order valence-corrected chi connectivity index (χ2v) is 11.2. The van der Waals surface area contributed by atoms with Gasteiger partial charge in [0.05, 0.1) is 0 Å². The molecule has 0 amide bonds. The van der Waals surface area contributed by atoms with Crippen LogP contribution in [-0.4, -0.2) is 31.8 Å². The Kier molecular flexibility index (Phi) is 13.9. The van der Waals surface area contributed by atoms with E-state index in [-0.39, 0.29) is 42.1 Å². The molecule has 1 aliphatic heterocycles. The zero-order valence-electron chi connectivity index (χ0n) is 28.6. The van der Waals surface area contributed by atoms with Crippen molar-refractivity contribution in [2.45, 2.75) is 0 Å². The van der Waals surface area contributed by atoms with E-state index < -0.39 is 0 Å². The van der Waals surface area contributed by atoms with Crippen LogP contribution in [0.3, 0.4) is 0 Å². The van der Waals surface area contributed by atoms with Crippen LogP contribution in [0, 0.1) is 42.8 Å². The molecule has 0 N–H and O–H groups in total. The van der Waals surface area contributed by atoms with Crippen LogP contribution in [0.15, 0.2) is 152 Å². The van der Waals surface area contributed by atoms with E-state index in [9.17, 15) is 0 Å². The number of para-hydroxylation sites is 2. The Bertz CT molecular complexity index is 2450. The summed E-state index contributed by atoms with van der Waals surface area (Å²) >= 11 is 0. The topological polar surface area (TPSA) is 51.5 Å². The van der Waals surface area contributed by atoms with Crippen molar-refractivity contribution in [1.82, 2.24) is 9.55 Å². The molecule has 8 rings (SSSR count). The second-order valence-electron chi connectivity index (χ2n) is 11.2. The van der Waals surface area contributed by atoms with Gasteiger partial charge in [-0.15, -0.1) is 42.0 Å². The van der Waals surface area contributed by atoms with Crippen molar-refractivity contribution >= 4 is 11.7 Å². The smallest absolute Gasteiger partial charge is 0.669 e. The maximum Gasteiger partial charge on any atom is 4.00 e. The van der Waals surface area contributed by atoms with E-state index in [4.69, 9.17) is 20.6 Å². The first kappa shape index (κ1) is 39.2. The third kappa shape index (κ3) is 10.5. The van der Waals surface area contributed by atoms with Gasteiger partial charge in [-0.3, -0.25) is 11.1 Å². The molecule has 1 aliphatic rings.